The van der Waals surface area contributed by atoms with Crippen LogP contribution in [0.4, 0.5) is 0 Å². The van der Waals surface area contributed by atoms with E-state index in [0.717, 1.165) is 38.0 Å². The molecule has 0 aliphatic carbocycles. The molecule has 0 atom stereocenters. The number of carbonyl (C=O) groups is 1. The molecule has 0 unspecified atom stereocenters. The summed E-state index contributed by atoms with van der Waals surface area (Å²) in [5, 5.41) is 12.5. The van der Waals surface area contributed by atoms with Crippen molar-refractivity contribution in [2.24, 2.45) is 13.0 Å². The lowest BCUT2D eigenvalue weighted by molar-refractivity contribution is -0.135. The molecule has 21 heavy (non-hydrogen) atoms. The summed E-state index contributed by atoms with van der Waals surface area (Å²) in [5.41, 5.74) is 1.82. The highest BCUT2D eigenvalue weighted by atomic mass is 16.2. The minimum Gasteiger partial charge on any atom is -0.342 e. The number of hydrogen-bond acceptors (Lipinski definition) is 3. The zero-order valence-corrected chi connectivity index (χ0v) is 13.1. The van der Waals surface area contributed by atoms with E-state index >= 15 is 0 Å². The largest absolute Gasteiger partial charge is 0.342 e. The fourth-order valence-electron chi connectivity index (χ4n) is 2.77. The van der Waals surface area contributed by atoms with Crippen LogP contribution in [0.25, 0.3) is 0 Å². The van der Waals surface area contributed by atoms with Gasteiger partial charge in [0.05, 0.1) is 0 Å². The summed E-state index contributed by atoms with van der Waals surface area (Å²) < 4.78 is 1.85. The zero-order chi connectivity index (χ0) is 15.4. The molecule has 2 heterocycles. The van der Waals surface area contributed by atoms with Gasteiger partial charge >= 0.3 is 0 Å². The first kappa shape index (κ1) is 15.6. The molecule has 1 aromatic heterocycles. The Bertz CT molecular complexity index is 533. The molecule has 1 aliphatic heterocycles. The van der Waals surface area contributed by atoms with Gasteiger partial charge in [0.1, 0.15) is 11.8 Å². The third-order valence-electron chi connectivity index (χ3n) is 4.07. The van der Waals surface area contributed by atoms with Crippen LogP contribution in [0.3, 0.4) is 0 Å². The molecular formula is C16H24N4O. The number of nitrogens with zero attached hydrogens (tertiary/aromatic N) is 3. The third-order valence-corrected chi connectivity index (χ3v) is 4.07. The predicted octanol–water partition coefficient (Wildman–Crippen LogP) is 1.63. The van der Waals surface area contributed by atoms with E-state index in [2.05, 4.69) is 11.4 Å². The molecule has 1 saturated heterocycles. The Labute approximate surface area is 126 Å². The zero-order valence-electron chi connectivity index (χ0n) is 13.1. The summed E-state index contributed by atoms with van der Waals surface area (Å²) >= 11 is 0. The minimum absolute atomic E-state index is 0.0863. The van der Waals surface area contributed by atoms with Crippen LogP contribution in [-0.2, 0) is 18.4 Å². The molecule has 0 aromatic carbocycles. The number of amides is 1. The van der Waals surface area contributed by atoms with E-state index in [-0.39, 0.29) is 11.8 Å². The smallest absolute Gasteiger partial charge is 0.225 e. The second-order valence-electron chi connectivity index (χ2n) is 6.09. The second kappa shape index (κ2) is 6.77. The number of nitriles is 1. The molecule has 1 fully saturated rings. The molecule has 0 saturated carbocycles. The quantitative estimate of drug-likeness (QED) is 0.916. The number of carbonyl (C=O) groups excluding carboxylic acids is 1. The molecule has 0 spiro atoms. The number of nitrogens with one attached hydrogen (secondary N) is 1. The molecule has 5 nitrogen and oxygen atoms in total. The van der Waals surface area contributed by atoms with Crippen LogP contribution in [0.15, 0.2) is 12.3 Å². The molecule has 0 bridgehead atoms. The number of rotatable bonds is 4. The van der Waals surface area contributed by atoms with Gasteiger partial charge in [0.25, 0.3) is 0 Å². The van der Waals surface area contributed by atoms with E-state index in [4.69, 9.17) is 5.26 Å². The number of aromatic nitrogens is 1. The van der Waals surface area contributed by atoms with Gasteiger partial charge < -0.3 is 14.8 Å². The molecule has 0 radical (unpaired) electrons. The molecule has 114 valence electrons. The van der Waals surface area contributed by atoms with Crippen molar-refractivity contribution in [3.8, 4) is 6.07 Å². The van der Waals surface area contributed by atoms with Gasteiger partial charge in [0, 0.05) is 44.8 Å². The summed E-state index contributed by atoms with van der Waals surface area (Å²) in [6.07, 6.45) is 3.98. The highest BCUT2D eigenvalue weighted by Crippen LogP contribution is 2.14. The maximum Gasteiger partial charge on any atom is 0.225 e. The first-order chi connectivity index (χ1) is 10.0. The average molecular weight is 288 g/mol. The van der Waals surface area contributed by atoms with Crippen molar-refractivity contribution in [1.29, 1.82) is 5.26 Å². The van der Waals surface area contributed by atoms with Crippen molar-refractivity contribution < 1.29 is 4.79 Å². The molecular weight excluding hydrogens is 264 g/mol. The van der Waals surface area contributed by atoms with Gasteiger partial charge in [0.15, 0.2) is 0 Å². The maximum atomic E-state index is 11.9. The minimum atomic E-state index is 0.0863. The maximum absolute atomic E-state index is 11.9. The van der Waals surface area contributed by atoms with Crippen molar-refractivity contribution in [1.82, 2.24) is 14.8 Å². The number of hydrogen-bond donors (Lipinski definition) is 1. The van der Waals surface area contributed by atoms with Gasteiger partial charge in [-0.3, -0.25) is 4.79 Å². The van der Waals surface area contributed by atoms with Crippen LogP contribution in [0, 0.1) is 17.2 Å². The van der Waals surface area contributed by atoms with E-state index < -0.39 is 0 Å². The van der Waals surface area contributed by atoms with Crippen LogP contribution in [0.5, 0.6) is 0 Å². The van der Waals surface area contributed by atoms with Gasteiger partial charge in [-0.2, -0.15) is 5.26 Å². The van der Waals surface area contributed by atoms with Gasteiger partial charge in [0.2, 0.25) is 5.91 Å². The highest BCUT2D eigenvalue weighted by Gasteiger charge is 2.23. The molecule has 1 aliphatic rings. The van der Waals surface area contributed by atoms with Crippen molar-refractivity contribution >= 4 is 5.91 Å². The predicted molar refractivity (Wildman–Crippen MR) is 81.4 cm³/mol. The SMILES string of the molecule is CC(C)C(=O)N1CCC(NCc2cc(C#N)n(C)c2)CC1. The Kier molecular flexibility index (Phi) is 5.03. The van der Waals surface area contributed by atoms with Crippen LogP contribution >= 0.6 is 0 Å². The van der Waals surface area contributed by atoms with Gasteiger partial charge in [-0.25, -0.2) is 0 Å². The lowest BCUT2D eigenvalue weighted by Gasteiger charge is -2.33. The average Bonchev–Trinajstić information content (AvgIpc) is 2.85. The molecule has 1 amide bonds. The Morgan fingerprint density at radius 2 is 2.14 bits per heavy atom. The van der Waals surface area contributed by atoms with Gasteiger partial charge in [-0.15, -0.1) is 0 Å². The Morgan fingerprint density at radius 1 is 1.48 bits per heavy atom. The summed E-state index contributed by atoms with van der Waals surface area (Å²) in [7, 11) is 1.89. The summed E-state index contributed by atoms with van der Waals surface area (Å²) in [4.78, 5) is 13.9. The first-order valence-electron chi connectivity index (χ1n) is 7.58. The Balaban J connectivity index is 1.79. The number of aryl methyl sites for hydroxylation is 1. The van der Waals surface area contributed by atoms with E-state index in [1.807, 2.05) is 42.6 Å². The van der Waals surface area contributed by atoms with Crippen molar-refractivity contribution in [2.75, 3.05) is 13.1 Å². The topological polar surface area (TPSA) is 61.1 Å². The van der Waals surface area contributed by atoms with E-state index in [1.54, 1.807) is 0 Å². The summed E-state index contributed by atoms with van der Waals surface area (Å²) in [6.45, 7) is 6.36. The van der Waals surface area contributed by atoms with Gasteiger partial charge in [-0.1, -0.05) is 13.8 Å². The summed E-state index contributed by atoms with van der Waals surface area (Å²) in [6, 6.07) is 4.55. The van der Waals surface area contributed by atoms with Crippen molar-refractivity contribution in [2.45, 2.75) is 39.3 Å². The Morgan fingerprint density at radius 3 is 2.67 bits per heavy atom. The van der Waals surface area contributed by atoms with Crippen LogP contribution < -0.4 is 5.32 Å². The normalized spacial score (nSPS) is 16.2. The van der Waals surface area contributed by atoms with Crippen LogP contribution in [-0.4, -0.2) is 34.5 Å². The van der Waals surface area contributed by atoms with Gasteiger partial charge in [-0.05, 0) is 24.5 Å². The molecule has 1 aromatic rings. The van der Waals surface area contributed by atoms with E-state index in [9.17, 15) is 4.79 Å². The monoisotopic (exact) mass is 288 g/mol. The van der Waals surface area contributed by atoms with E-state index in [0.29, 0.717) is 11.7 Å². The van der Waals surface area contributed by atoms with Crippen molar-refractivity contribution in [3.63, 3.8) is 0 Å². The number of piperidine rings is 1. The fourth-order valence-corrected chi connectivity index (χ4v) is 2.77. The standard InChI is InChI=1S/C16H24N4O/c1-12(2)16(21)20-6-4-14(5-7-20)18-10-13-8-15(9-17)19(3)11-13/h8,11-12,14,18H,4-7,10H2,1-3H3. The highest BCUT2D eigenvalue weighted by molar-refractivity contribution is 5.78. The first-order valence-corrected chi connectivity index (χ1v) is 7.58. The lowest BCUT2D eigenvalue weighted by Crippen LogP contribution is -2.45. The van der Waals surface area contributed by atoms with Crippen molar-refractivity contribution in [3.05, 3.63) is 23.5 Å². The number of likely N-dealkylation sites (tertiary alicyclic amines) is 1. The molecule has 1 N–H and O–H groups in total. The fraction of sp³-hybridized carbons (Fsp3) is 0.625. The lowest BCUT2D eigenvalue weighted by atomic mass is 10.0. The molecule has 2 rings (SSSR count). The van der Waals surface area contributed by atoms with Crippen LogP contribution in [0.1, 0.15) is 37.9 Å². The van der Waals surface area contributed by atoms with E-state index in [1.165, 1.54) is 0 Å². The Hall–Kier alpha value is -1.80. The second-order valence-corrected chi connectivity index (χ2v) is 6.09. The summed E-state index contributed by atoms with van der Waals surface area (Å²) in [5.74, 6) is 0.346. The third kappa shape index (κ3) is 3.85. The molecule has 5 heteroatoms. The van der Waals surface area contributed by atoms with Crippen LogP contribution in [0.2, 0.25) is 0 Å².